The van der Waals surface area contributed by atoms with E-state index in [1.54, 1.807) is 0 Å². The minimum absolute atomic E-state index is 0.0724. The maximum atomic E-state index is 5.88. The zero-order chi connectivity index (χ0) is 15.0. The van der Waals surface area contributed by atoms with E-state index in [0.29, 0.717) is 0 Å². The van der Waals surface area contributed by atoms with Crippen molar-refractivity contribution in [2.45, 2.75) is 79.8 Å². The van der Waals surface area contributed by atoms with Crippen molar-refractivity contribution in [3.8, 4) is 0 Å². The van der Waals surface area contributed by atoms with Gasteiger partial charge in [0.1, 0.15) is 0 Å². The van der Waals surface area contributed by atoms with Gasteiger partial charge < -0.3 is 21.8 Å². The average molecular weight is 311 g/mol. The van der Waals surface area contributed by atoms with E-state index in [-0.39, 0.29) is 24.4 Å². The van der Waals surface area contributed by atoms with Gasteiger partial charge in [-0.25, -0.2) is 0 Å². The third-order valence-electron chi connectivity index (χ3n) is 1.76. The Balaban J connectivity index is 4.51. The first-order valence-electron chi connectivity index (χ1n) is 6.98. The van der Waals surface area contributed by atoms with E-state index < -0.39 is 19.1 Å². The Bertz CT molecular complexity index is 182. The van der Waals surface area contributed by atoms with Gasteiger partial charge in [-0.3, -0.25) is 0 Å². The van der Waals surface area contributed by atoms with Crippen molar-refractivity contribution in [2.75, 3.05) is 0 Å². The molecule has 0 rings (SSSR count). The van der Waals surface area contributed by atoms with Gasteiger partial charge in [0, 0.05) is 24.4 Å². The third kappa shape index (κ3) is 11.7. The quantitative estimate of drug-likeness (QED) is 0.579. The molecule has 0 heterocycles. The molecule has 0 aromatic heterocycles. The van der Waals surface area contributed by atoms with Crippen molar-refractivity contribution in [3.63, 3.8) is 0 Å². The van der Waals surface area contributed by atoms with Gasteiger partial charge in [0.25, 0.3) is 0 Å². The fraction of sp³-hybridized carbons (Fsp3) is 1.00. The molecule has 0 aliphatic carbocycles. The predicted octanol–water partition coefficient (Wildman–Crippen LogP) is 2.14. The lowest BCUT2D eigenvalue weighted by Crippen LogP contribution is -2.43. The molecule has 0 amide bonds. The first-order valence-corrected chi connectivity index (χ1v) is 9.80. The molecule has 0 aliphatic heterocycles. The molecule has 0 unspecified atom stereocenters. The van der Waals surface area contributed by atoms with Crippen LogP contribution in [-0.4, -0.2) is 43.5 Å². The van der Waals surface area contributed by atoms with Gasteiger partial charge in [-0.05, 0) is 55.4 Å². The van der Waals surface area contributed by atoms with Crippen LogP contribution < -0.4 is 0 Å². The highest BCUT2D eigenvalue weighted by Gasteiger charge is 2.28. The van der Waals surface area contributed by atoms with E-state index in [2.05, 4.69) is 0 Å². The standard InChI is InChI=1S/C12H30O5Si2/c1-9(2)13-18(14-10(3)4)17-19(15-11(5)6)16-12(7)8/h9-12,18-19H,1-8H3. The molecule has 0 N–H and O–H groups in total. The summed E-state index contributed by atoms with van der Waals surface area (Å²) < 4.78 is 28.8. The van der Waals surface area contributed by atoms with Crippen LogP contribution in [0.1, 0.15) is 55.4 Å². The van der Waals surface area contributed by atoms with Crippen LogP contribution in [0.25, 0.3) is 0 Å². The molecule has 0 radical (unpaired) electrons. The molecule has 0 atom stereocenters. The lowest BCUT2D eigenvalue weighted by molar-refractivity contribution is 0.0349. The third-order valence-corrected chi connectivity index (χ3v) is 6.60. The van der Waals surface area contributed by atoms with E-state index in [4.69, 9.17) is 21.8 Å². The van der Waals surface area contributed by atoms with Gasteiger partial charge in [0.2, 0.25) is 0 Å². The smallest absolute Gasteiger partial charge is 0.376 e. The lowest BCUT2D eigenvalue weighted by Gasteiger charge is -2.27. The van der Waals surface area contributed by atoms with Crippen LogP contribution in [0.2, 0.25) is 0 Å². The maximum Gasteiger partial charge on any atom is 0.477 e. The SMILES string of the molecule is CC(C)O[SiH](OC(C)C)O[SiH](OC(C)C)OC(C)C. The number of hydrogen-bond donors (Lipinski definition) is 0. The summed E-state index contributed by atoms with van der Waals surface area (Å²) in [6.07, 6.45) is 0.290. The Morgan fingerprint density at radius 2 is 0.684 bits per heavy atom. The molecule has 0 aromatic carbocycles. The molecule has 0 bridgehead atoms. The van der Waals surface area contributed by atoms with E-state index >= 15 is 0 Å². The van der Waals surface area contributed by atoms with Crippen molar-refractivity contribution in [3.05, 3.63) is 0 Å². The summed E-state index contributed by atoms with van der Waals surface area (Å²) >= 11 is 0. The molecule has 0 fully saturated rings. The van der Waals surface area contributed by atoms with Crippen LogP contribution in [0.4, 0.5) is 0 Å². The van der Waals surface area contributed by atoms with E-state index in [9.17, 15) is 0 Å². The summed E-state index contributed by atoms with van der Waals surface area (Å²) in [5.41, 5.74) is 0. The maximum absolute atomic E-state index is 5.88. The van der Waals surface area contributed by atoms with Crippen LogP contribution in [-0.2, 0) is 21.8 Å². The topological polar surface area (TPSA) is 46.2 Å². The monoisotopic (exact) mass is 310 g/mol. The fourth-order valence-corrected chi connectivity index (χ4v) is 4.83. The number of hydrogen-bond acceptors (Lipinski definition) is 5. The van der Waals surface area contributed by atoms with E-state index in [1.807, 2.05) is 55.4 Å². The second-order valence-corrected chi connectivity index (χ2v) is 8.78. The summed E-state index contributed by atoms with van der Waals surface area (Å²) in [6.45, 7) is 15.7. The summed E-state index contributed by atoms with van der Waals surface area (Å²) in [5.74, 6) is 0. The van der Waals surface area contributed by atoms with Crippen molar-refractivity contribution < 1.29 is 21.8 Å². The minimum atomic E-state index is -2.21. The van der Waals surface area contributed by atoms with Gasteiger partial charge in [0.05, 0.1) is 0 Å². The van der Waals surface area contributed by atoms with Crippen molar-refractivity contribution in [1.29, 1.82) is 0 Å². The summed E-state index contributed by atoms with van der Waals surface area (Å²) in [4.78, 5) is 0. The normalized spacial score (nSPS) is 12.9. The molecule has 0 aliphatic rings. The number of rotatable bonds is 10. The van der Waals surface area contributed by atoms with Crippen LogP contribution in [0.15, 0.2) is 0 Å². The molecule has 19 heavy (non-hydrogen) atoms. The highest BCUT2D eigenvalue weighted by Crippen LogP contribution is 2.08. The van der Waals surface area contributed by atoms with Gasteiger partial charge in [-0.15, -0.1) is 0 Å². The van der Waals surface area contributed by atoms with Crippen molar-refractivity contribution >= 4 is 19.1 Å². The molecule has 0 aromatic rings. The largest absolute Gasteiger partial charge is 0.477 e. The van der Waals surface area contributed by atoms with Crippen molar-refractivity contribution in [2.24, 2.45) is 0 Å². The van der Waals surface area contributed by atoms with E-state index in [1.165, 1.54) is 0 Å². The molecule has 0 saturated heterocycles. The van der Waals surface area contributed by atoms with Gasteiger partial charge >= 0.3 is 19.1 Å². The van der Waals surface area contributed by atoms with Gasteiger partial charge in [0.15, 0.2) is 0 Å². The van der Waals surface area contributed by atoms with Crippen molar-refractivity contribution in [1.82, 2.24) is 0 Å². The van der Waals surface area contributed by atoms with E-state index in [0.717, 1.165) is 0 Å². The highest BCUT2D eigenvalue weighted by molar-refractivity contribution is 6.52. The highest BCUT2D eigenvalue weighted by atomic mass is 28.4. The van der Waals surface area contributed by atoms with Gasteiger partial charge in [-0.2, -0.15) is 0 Å². The predicted molar refractivity (Wildman–Crippen MR) is 80.3 cm³/mol. The summed E-state index contributed by atoms with van der Waals surface area (Å²) in [6, 6.07) is 0. The summed E-state index contributed by atoms with van der Waals surface area (Å²) in [7, 11) is -4.43. The molecule has 0 saturated carbocycles. The second kappa shape index (κ2) is 10.0. The Labute approximate surface area is 121 Å². The molecule has 5 nitrogen and oxygen atoms in total. The Hall–Kier alpha value is 0.234. The molecular formula is C12H30O5Si2. The molecule has 7 heteroatoms. The Morgan fingerprint density at radius 1 is 0.474 bits per heavy atom. The zero-order valence-electron chi connectivity index (χ0n) is 13.5. The second-order valence-electron chi connectivity index (χ2n) is 5.45. The van der Waals surface area contributed by atoms with Crippen LogP contribution >= 0.6 is 0 Å². The van der Waals surface area contributed by atoms with Crippen LogP contribution in [0.5, 0.6) is 0 Å². The minimum Gasteiger partial charge on any atom is -0.376 e. The zero-order valence-corrected chi connectivity index (χ0v) is 15.8. The first kappa shape index (κ1) is 19.2. The average Bonchev–Trinajstić information content (AvgIpc) is 2.11. The first-order chi connectivity index (χ1) is 8.70. The molecule has 116 valence electrons. The summed E-state index contributed by atoms with van der Waals surface area (Å²) in [5, 5.41) is 0. The lowest BCUT2D eigenvalue weighted by atomic mass is 10.5. The Kier molecular flexibility index (Phi) is 10.2. The van der Waals surface area contributed by atoms with Crippen LogP contribution in [0.3, 0.4) is 0 Å². The van der Waals surface area contributed by atoms with Crippen LogP contribution in [0, 0.1) is 0 Å². The Morgan fingerprint density at radius 3 is 0.842 bits per heavy atom. The molecule has 0 spiro atoms. The molecular weight excluding hydrogens is 280 g/mol. The fourth-order valence-electron chi connectivity index (χ4n) is 1.17. The van der Waals surface area contributed by atoms with Gasteiger partial charge in [-0.1, -0.05) is 0 Å².